The van der Waals surface area contributed by atoms with Crippen LogP contribution in [0.4, 0.5) is 10.5 Å². The van der Waals surface area contributed by atoms with E-state index in [-0.39, 0.29) is 32.0 Å². The van der Waals surface area contributed by atoms with Crippen LogP contribution in [0.3, 0.4) is 0 Å². The first kappa shape index (κ1) is 26.0. The molecule has 2 aromatic rings. The average molecular weight is 475 g/mol. The molecule has 2 atom stereocenters. The molecule has 0 aromatic heterocycles. The van der Waals surface area contributed by atoms with Crippen molar-refractivity contribution >= 4 is 30.4 Å². The molecule has 0 radical (unpaired) electrons. The molecule has 1 amide bonds. The van der Waals surface area contributed by atoms with Crippen molar-refractivity contribution in [2.24, 2.45) is 0 Å². The van der Waals surface area contributed by atoms with Gasteiger partial charge in [0, 0.05) is 24.8 Å². The van der Waals surface area contributed by atoms with Gasteiger partial charge >= 0.3 is 12.1 Å². The van der Waals surface area contributed by atoms with Crippen molar-refractivity contribution in [2.75, 3.05) is 38.0 Å². The number of nitriles is 1. The summed E-state index contributed by atoms with van der Waals surface area (Å²) in [6.45, 7) is -0.0978. The summed E-state index contributed by atoms with van der Waals surface area (Å²) in [4.78, 5) is 24.1. The fraction of sp³-hybridized carbons (Fsp3) is 0.348. The molecule has 9 nitrogen and oxygen atoms in total. The lowest BCUT2D eigenvalue weighted by Gasteiger charge is -2.27. The Kier molecular flexibility index (Phi) is 11.0. The molecular weight excluding hydrogens is 448 g/mol. The lowest BCUT2D eigenvalue weighted by atomic mass is 10.0. The molecule has 0 unspecified atom stereocenters. The third kappa shape index (κ3) is 8.31. The number of methoxy groups -OCH3 is 1. The Morgan fingerprint density at radius 3 is 2.52 bits per heavy atom. The molecule has 0 aliphatic carbocycles. The molecule has 176 valence electrons. The fourth-order valence-corrected chi connectivity index (χ4v) is 3.05. The molecule has 0 bridgehead atoms. The zero-order chi connectivity index (χ0) is 24.1. The van der Waals surface area contributed by atoms with Crippen molar-refractivity contribution in [3.63, 3.8) is 0 Å². The molecule has 0 saturated heterocycles. The Hall–Kier alpha value is -3.26. The molecule has 0 heterocycles. The summed E-state index contributed by atoms with van der Waals surface area (Å²) in [5.41, 5.74) is 1.42. The number of anilines is 1. The van der Waals surface area contributed by atoms with Crippen LogP contribution < -0.4 is 10.1 Å². The van der Waals surface area contributed by atoms with Crippen LogP contribution in [0.1, 0.15) is 23.7 Å². The normalized spacial score (nSPS) is 12.2. The summed E-state index contributed by atoms with van der Waals surface area (Å²) in [5, 5.41) is 20.7. The second-order valence-corrected chi connectivity index (χ2v) is 7.01. The number of aliphatic hydroxyl groups excluding tert-OH is 1. The molecule has 0 spiro atoms. The number of amides is 1. The van der Waals surface area contributed by atoms with E-state index in [1.165, 1.54) is 7.11 Å². The summed E-state index contributed by atoms with van der Waals surface area (Å²) >= 11 is 3.87. The topological polar surface area (TPSA) is 127 Å². The van der Waals surface area contributed by atoms with Crippen molar-refractivity contribution in [1.29, 1.82) is 5.26 Å². The largest absolute Gasteiger partial charge is 0.491 e. The van der Waals surface area contributed by atoms with Crippen molar-refractivity contribution in [3.8, 4) is 11.8 Å². The number of hydrogen-bond donors (Lipinski definition) is 3. The summed E-state index contributed by atoms with van der Waals surface area (Å²) in [6, 6.07) is 15.2. The van der Waals surface area contributed by atoms with Crippen molar-refractivity contribution in [2.45, 2.75) is 18.6 Å². The number of ether oxygens (including phenoxy) is 4. The third-order valence-electron chi connectivity index (χ3n) is 4.50. The minimum atomic E-state index is -0.919. The SMILES string of the molecule is CO[C@@H](CCOC(=O)CS)[C@@H](OC(=O)Nc1ccc(C#N)cc1)c1ccccc1OCCO. The van der Waals surface area contributed by atoms with Gasteiger partial charge in [0.05, 0.1) is 30.6 Å². The van der Waals surface area contributed by atoms with Gasteiger partial charge in [-0.3, -0.25) is 10.1 Å². The van der Waals surface area contributed by atoms with Crippen LogP contribution in [0, 0.1) is 11.3 Å². The maximum Gasteiger partial charge on any atom is 0.412 e. The highest BCUT2D eigenvalue weighted by molar-refractivity contribution is 7.81. The van der Waals surface area contributed by atoms with E-state index in [1.807, 2.05) is 6.07 Å². The number of hydrogen-bond acceptors (Lipinski definition) is 9. The predicted octanol–water partition coefficient (Wildman–Crippen LogP) is 3.10. The van der Waals surface area contributed by atoms with Gasteiger partial charge in [-0.05, 0) is 30.3 Å². The highest BCUT2D eigenvalue weighted by atomic mass is 32.1. The molecule has 10 heteroatoms. The number of para-hydroxylation sites is 1. The van der Waals surface area contributed by atoms with Gasteiger partial charge in [0.15, 0.2) is 6.10 Å². The molecule has 2 N–H and O–H groups in total. The Morgan fingerprint density at radius 2 is 1.88 bits per heavy atom. The van der Waals surface area contributed by atoms with Crippen LogP contribution in [0.15, 0.2) is 48.5 Å². The zero-order valence-electron chi connectivity index (χ0n) is 18.1. The van der Waals surface area contributed by atoms with Gasteiger partial charge in [0.2, 0.25) is 0 Å². The highest BCUT2D eigenvalue weighted by Gasteiger charge is 2.30. The number of benzene rings is 2. The van der Waals surface area contributed by atoms with Gasteiger partial charge in [-0.2, -0.15) is 17.9 Å². The Balaban J connectivity index is 2.24. The molecule has 33 heavy (non-hydrogen) atoms. The van der Waals surface area contributed by atoms with Crippen molar-refractivity contribution in [1.82, 2.24) is 0 Å². The molecule has 2 aromatic carbocycles. The Labute approximate surface area is 197 Å². The number of rotatable bonds is 12. The van der Waals surface area contributed by atoms with E-state index in [2.05, 4.69) is 17.9 Å². The van der Waals surface area contributed by atoms with Crippen LogP contribution in [-0.4, -0.2) is 56.0 Å². The van der Waals surface area contributed by atoms with E-state index in [0.717, 1.165) is 0 Å². The maximum atomic E-state index is 12.7. The van der Waals surface area contributed by atoms with E-state index < -0.39 is 24.3 Å². The second-order valence-electron chi connectivity index (χ2n) is 6.69. The van der Waals surface area contributed by atoms with E-state index in [9.17, 15) is 9.59 Å². The van der Waals surface area contributed by atoms with Gasteiger partial charge < -0.3 is 24.1 Å². The summed E-state index contributed by atoms with van der Waals surface area (Å²) in [7, 11) is 1.46. The van der Waals surface area contributed by atoms with E-state index in [4.69, 9.17) is 29.3 Å². The van der Waals surface area contributed by atoms with Gasteiger partial charge in [0.1, 0.15) is 18.5 Å². The lowest BCUT2D eigenvalue weighted by Crippen LogP contribution is -2.30. The summed E-state index contributed by atoms with van der Waals surface area (Å²) in [6.07, 6.45) is -2.11. The molecule has 0 fully saturated rings. The van der Waals surface area contributed by atoms with Crippen LogP contribution in [0.2, 0.25) is 0 Å². The van der Waals surface area contributed by atoms with Gasteiger partial charge in [0.25, 0.3) is 0 Å². The average Bonchev–Trinajstić information content (AvgIpc) is 2.84. The second kappa shape index (κ2) is 14.0. The molecule has 0 saturated carbocycles. The summed E-state index contributed by atoms with van der Waals surface area (Å²) in [5.74, 6) is -0.115. The first-order valence-corrected chi connectivity index (χ1v) is 10.7. The summed E-state index contributed by atoms with van der Waals surface area (Å²) < 4.78 is 22.0. The first-order valence-electron chi connectivity index (χ1n) is 10.1. The number of aliphatic hydroxyl groups is 1. The Morgan fingerprint density at radius 1 is 1.15 bits per heavy atom. The third-order valence-corrected chi connectivity index (χ3v) is 4.76. The van der Waals surface area contributed by atoms with E-state index >= 15 is 0 Å². The smallest absolute Gasteiger partial charge is 0.412 e. The quantitative estimate of drug-likeness (QED) is 0.316. The maximum absolute atomic E-state index is 12.7. The number of esters is 1. The number of thiol groups is 1. The molecule has 0 aliphatic heterocycles. The lowest BCUT2D eigenvalue weighted by molar-refractivity contribution is -0.141. The highest BCUT2D eigenvalue weighted by Crippen LogP contribution is 2.33. The van der Waals surface area contributed by atoms with Gasteiger partial charge in [-0.25, -0.2) is 4.79 Å². The predicted molar refractivity (Wildman–Crippen MR) is 123 cm³/mol. The first-order chi connectivity index (χ1) is 16.0. The van der Waals surface area contributed by atoms with Crippen molar-refractivity contribution in [3.05, 3.63) is 59.7 Å². The molecule has 2 rings (SSSR count). The van der Waals surface area contributed by atoms with Crippen LogP contribution in [-0.2, 0) is 19.0 Å². The zero-order valence-corrected chi connectivity index (χ0v) is 19.0. The monoisotopic (exact) mass is 474 g/mol. The molecular formula is C23H26N2O7S. The van der Waals surface area contributed by atoms with Gasteiger partial charge in [-0.15, -0.1) is 0 Å². The van der Waals surface area contributed by atoms with Crippen molar-refractivity contribution < 1.29 is 33.6 Å². The van der Waals surface area contributed by atoms with Crippen LogP contribution in [0.25, 0.3) is 0 Å². The Bertz CT molecular complexity index is 947. The number of nitrogens with one attached hydrogen (secondary N) is 1. The minimum absolute atomic E-state index is 0.0364. The standard InChI is InChI=1S/C23H26N2O7S/c1-29-20(10-12-31-21(27)15-33)22(18-4-2-3-5-19(18)30-13-11-26)32-23(28)25-17-8-6-16(14-24)7-9-17/h2-9,20,22,26,33H,10-13,15H2,1H3,(H,25,28)/t20-,22-/m0/s1. The number of nitrogens with zero attached hydrogens (tertiary/aromatic N) is 1. The van der Waals surface area contributed by atoms with E-state index in [0.29, 0.717) is 22.6 Å². The number of carbonyl (C=O) groups excluding carboxylic acids is 2. The van der Waals surface area contributed by atoms with Gasteiger partial charge in [-0.1, -0.05) is 18.2 Å². The minimum Gasteiger partial charge on any atom is -0.491 e. The molecule has 0 aliphatic rings. The fourth-order valence-electron chi connectivity index (χ4n) is 2.96. The van der Waals surface area contributed by atoms with Crippen LogP contribution in [0.5, 0.6) is 5.75 Å². The van der Waals surface area contributed by atoms with Crippen LogP contribution >= 0.6 is 12.6 Å². The van der Waals surface area contributed by atoms with E-state index in [1.54, 1.807) is 48.5 Å². The number of carbonyl (C=O) groups is 2.